The Morgan fingerprint density at radius 3 is 2.36 bits per heavy atom. The molecule has 25 heavy (non-hydrogen) atoms. The number of fused-ring (bicyclic) bond motifs is 2. The maximum atomic E-state index is 11.4. The molecule has 0 aromatic carbocycles. The molecule has 0 bridgehead atoms. The Balaban J connectivity index is 0.000000150. The van der Waals surface area contributed by atoms with Crippen molar-refractivity contribution < 1.29 is 14.3 Å². The van der Waals surface area contributed by atoms with E-state index < -0.39 is 0 Å². The summed E-state index contributed by atoms with van der Waals surface area (Å²) in [7, 11) is 0. The number of aromatic nitrogens is 4. The molecule has 0 amide bonds. The van der Waals surface area contributed by atoms with Crippen LogP contribution in [0.3, 0.4) is 0 Å². The molecule has 9 heteroatoms. The van der Waals surface area contributed by atoms with Gasteiger partial charge in [0.2, 0.25) is 0 Å². The lowest BCUT2D eigenvalue weighted by Gasteiger charge is -2.11. The highest BCUT2D eigenvalue weighted by Gasteiger charge is 2.17. The molecule has 134 valence electrons. The highest BCUT2D eigenvalue weighted by atomic mass is 32.2. The molecular weight excluding hydrogens is 360 g/mol. The quantitative estimate of drug-likeness (QED) is 0.598. The molecule has 2 aromatic rings. The van der Waals surface area contributed by atoms with E-state index in [2.05, 4.69) is 9.97 Å². The van der Waals surface area contributed by atoms with E-state index in [0.29, 0.717) is 18.0 Å². The number of thioether (sulfide) groups is 2. The third kappa shape index (κ3) is 4.46. The average molecular weight is 380 g/mol. The monoisotopic (exact) mass is 380 g/mol. The maximum Gasteiger partial charge on any atom is 0.358 e. The summed E-state index contributed by atoms with van der Waals surface area (Å²) in [5.41, 5.74) is 0.977. The van der Waals surface area contributed by atoms with E-state index >= 15 is 0 Å². The number of hydrogen-bond acceptors (Lipinski definition) is 7. The van der Waals surface area contributed by atoms with Gasteiger partial charge >= 0.3 is 5.97 Å². The van der Waals surface area contributed by atoms with Crippen molar-refractivity contribution in [3.8, 4) is 0 Å². The van der Waals surface area contributed by atoms with Gasteiger partial charge in [0.25, 0.3) is 0 Å². The van der Waals surface area contributed by atoms with Crippen LogP contribution in [0.5, 0.6) is 0 Å². The summed E-state index contributed by atoms with van der Waals surface area (Å²) in [5.74, 6) is 1.88. The van der Waals surface area contributed by atoms with E-state index in [1.54, 1.807) is 36.6 Å². The van der Waals surface area contributed by atoms with E-state index in [1.165, 1.54) is 6.42 Å². The number of aryl methyl sites for hydroxylation is 2. The molecule has 2 aliphatic heterocycles. The van der Waals surface area contributed by atoms with Crippen LogP contribution in [0.25, 0.3) is 0 Å². The van der Waals surface area contributed by atoms with Crippen molar-refractivity contribution >= 4 is 35.8 Å². The normalized spacial score (nSPS) is 15.4. The van der Waals surface area contributed by atoms with Crippen LogP contribution in [-0.2, 0) is 17.8 Å². The standard InChI is InChI=1S/C9H12N2O2S.C7H8N2OS/c1-2-13-8(12)7-6-11-4-3-5-14-9(11)10-7;10-5-6-4-9-2-1-3-11-7(9)8-6/h6H,2-5H2,1H3;4-5H,1-3H2. The fourth-order valence-electron chi connectivity index (χ4n) is 2.53. The van der Waals surface area contributed by atoms with Crippen LogP contribution in [0.2, 0.25) is 0 Å². The summed E-state index contributed by atoms with van der Waals surface area (Å²) < 4.78 is 8.94. The number of nitrogens with zero attached hydrogens (tertiary/aromatic N) is 4. The number of carbonyl (C=O) groups excluding carboxylic acids is 2. The van der Waals surface area contributed by atoms with Gasteiger partial charge in [-0.25, -0.2) is 14.8 Å². The molecule has 0 radical (unpaired) electrons. The molecule has 4 rings (SSSR count). The van der Waals surface area contributed by atoms with Gasteiger partial charge in [-0.05, 0) is 19.8 Å². The van der Waals surface area contributed by atoms with Crippen molar-refractivity contribution in [2.45, 2.75) is 43.2 Å². The number of rotatable bonds is 3. The first-order chi connectivity index (χ1) is 12.2. The van der Waals surface area contributed by atoms with E-state index in [9.17, 15) is 9.59 Å². The number of hydrogen-bond donors (Lipinski definition) is 0. The van der Waals surface area contributed by atoms with Crippen LogP contribution in [-0.4, -0.2) is 49.5 Å². The van der Waals surface area contributed by atoms with Crippen molar-refractivity contribution in [3.63, 3.8) is 0 Å². The van der Waals surface area contributed by atoms with Crippen molar-refractivity contribution in [3.05, 3.63) is 23.8 Å². The first-order valence-corrected chi connectivity index (χ1v) is 10.2. The molecular formula is C16H20N4O3S2. The van der Waals surface area contributed by atoms with Gasteiger partial charge in [0, 0.05) is 37.0 Å². The summed E-state index contributed by atoms with van der Waals surface area (Å²) in [6, 6.07) is 0. The fraction of sp³-hybridized carbons (Fsp3) is 0.500. The first-order valence-electron chi connectivity index (χ1n) is 8.23. The third-order valence-electron chi connectivity index (χ3n) is 3.65. The van der Waals surface area contributed by atoms with Gasteiger partial charge in [0.1, 0.15) is 5.69 Å². The van der Waals surface area contributed by atoms with E-state index in [0.717, 1.165) is 47.6 Å². The third-order valence-corrected chi connectivity index (χ3v) is 5.81. The molecule has 4 heterocycles. The van der Waals surface area contributed by atoms with Gasteiger partial charge in [-0.15, -0.1) is 0 Å². The van der Waals surface area contributed by atoms with Crippen molar-refractivity contribution in [1.29, 1.82) is 0 Å². The molecule has 0 fully saturated rings. The Hall–Kier alpha value is -1.74. The van der Waals surface area contributed by atoms with Crippen molar-refractivity contribution in [1.82, 2.24) is 19.1 Å². The van der Waals surface area contributed by atoms with Gasteiger partial charge in [-0.1, -0.05) is 23.5 Å². The van der Waals surface area contributed by atoms with Gasteiger partial charge in [-0.2, -0.15) is 0 Å². The molecule has 2 aromatic heterocycles. The smallest absolute Gasteiger partial charge is 0.358 e. The van der Waals surface area contributed by atoms with Gasteiger partial charge in [0.15, 0.2) is 22.3 Å². The Morgan fingerprint density at radius 1 is 1.16 bits per heavy atom. The lowest BCUT2D eigenvalue weighted by molar-refractivity contribution is 0.0519. The topological polar surface area (TPSA) is 79.0 Å². The molecule has 0 aliphatic carbocycles. The SMILES string of the molecule is CCOC(=O)c1cn2c(n1)SCCC2.O=Cc1cn2c(n1)SCCC2. The fourth-order valence-corrected chi connectivity index (χ4v) is 4.39. The lowest BCUT2D eigenvalue weighted by atomic mass is 10.4. The van der Waals surface area contributed by atoms with Gasteiger partial charge < -0.3 is 13.9 Å². The Labute approximate surface area is 154 Å². The minimum Gasteiger partial charge on any atom is -0.461 e. The van der Waals surface area contributed by atoms with Crippen LogP contribution in [0.4, 0.5) is 0 Å². The number of ether oxygens (including phenoxy) is 1. The number of aldehydes is 1. The number of imidazole rings is 2. The summed E-state index contributed by atoms with van der Waals surface area (Å²) in [5, 5.41) is 1.91. The van der Waals surface area contributed by atoms with Crippen LogP contribution in [0.1, 0.15) is 40.7 Å². The summed E-state index contributed by atoms with van der Waals surface area (Å²) in [4.78, 5) is 30.0. The van der Waals surface area contributed by atoms with Crippen LogP contribution >= 0.6 is 23.5 Å². The maximum absolute atomic E-state index is 11.4. The highest BCUT2D eigenvalue weighted by Crippen LogP contribution is 2.24. The van der Waals surface area contributed by atoms with Gasteiger partial charge in [-0.3, -0.25) is 4.79 Å². The summed E-state index contributed by atoms with van der Waals surface area (Å²) in [6.07, 6.45) is 6.70. The number of carbonyl (C=O) groups is 2. The molecule has 7 nitrogen and oxygen atoms in total. The lowest BCUT2D eigenvalue weighted by Crippen LogP contribution is -2.05. The number of esters is 1. The van der Waals surface area contributed by atoms with Crippen molar-refractivity contribution in [2.75, 3.05) is 18.1 Å². The minimum absolute atomic E-state index is 0.324. The molecule has 0 atom stereocenters. The summed E-state index contributed by atoms with van der Waals surface area (Å²) in [6.45, 7) is 4.15. The molecule has 2 aliphatic rings. The molecule has 0 spiro atoms. The zero-order valence-electron chi connectivity index (χ0n) is 14.0. The molecule has 0 saturated heterocycles. The molecule has 0 saturated carbocycles. The van der Waals surface area contributed by atoms with E-state index in [4.69, 9.17) is 4.74 Å². The molecule has 0 N–H and O–H groups in total. The predicted molar refractivity (Wildman–Crippen MR) is 96.5 cm³/mol. The van der Waals surface area contributed by atoms with E-state index in [-0.39, 0.29) is 5.97 Å². The second-order valence-corrected chi connectivity index (χ2v) is 7.61. The average Bonchev–Trinajstić information content (AvgIpc) is 3.26. The second-order valence-electron chi connectivity index (χ2n) is 5.49. The first kappa shape index (κ1) is 18.1. The van der Waals surface area contributed by atoms with Crippen LogP contribution in [0, 0.1) is 0 Å². The second kappa shape index (κ2) is 8.57. The predicted octanol–water partition coefficient (Wildman–Crippen LogP) is 2.75. The Morgan fingerprint density at radius 2 is 1.80 bits per heavy atom. The Bertz CT molecular complexity index is 710. The molecule has 0 unspecified atom stereocenters. The Kier molecular flexibility index (Phi) is 6.19. The van der Waals surface area contributed by atoms with Crippen LogP contribution < -0.4 is 0 Å². The largest absolute Gasteiger partial charge is 0.461 e. The van der Waals surface area contributed by atoms with E-state index in [1.807, 2.05) is 15.3 Å². The van der Waals surface area contributed by atoms with Crippen molar-refractivity contribution in [2.24, 2.45) is 0 Å². The zero-order valence-corrected chi connectivity index (χ0v) is 15.6. The minimum atomic E-state index is -0.324. The van der Waals surface area contributed by atoms with Crippen LogP contribution in [0.15, 0.2) is 22.7 Å². The zero-order chi connectivity index (χ0) is 17.6. The summed E-state index contributed by atoms with van der Waals surface area (Å²) >= 11 is 3.41. The van der Waals surface area contributed by atoms with Gasteiger partial charge in [0.05, 0.1) is 6.61 Å². The highest BCUT2D eigenvalue weighted by molar-refractivity contribution is 7.99.